The van der Waals surface area contributed by atoms with Crippen molar-refractivity contribution in [1.29, 1.82) is 0 Å². The molecule has 1 aromatic carbocycles. The van der Waals surface area contributed by atoms with Crippen LogP contribution >= 0.6 is 0 Å². The SMILES string of the molecule is O=C(OC1CCCC1)c1ccc(NC(=O)N2CCC[C@@H](c3ncn[nH]3)C2)cc1. The van der Waals surface area contributed by atoms with Crippen LogP contribution < -0.4 is 5.32 Å². The van der Waals surface area contributed by atoms with E-state index in [1.807, 2.05) is 0 Å². The number of nitrogens with one attached hydrogen (secondary N) is 2. The van der Waals surface area contributed by atoms with Gasteiger partial charge in [-0.2, -0.15) is 5.10 Å². The van der Waals surface area contributed by atoms with Crippen molar-refractivity contribution in [3.8, 4) is 0 Å². The predicted molar refractivity (Wildman–Crippen MR) is 103 cm³/mol. The largest absolute Gasteiger partial charge is 0.459 e. The highest BCUT2D eigenvalue weighted by atomic mass is 16.5. The number of hydrogen-bond acceptors (Lipinski definition) is 5. The molecule has 1 saturated heterocycles. The second-order valence-corrected chi connectivity index (χ2v) is 7.48. The summed E-state index contributed by atoms with van der Waals surface area (Å²) in [5.74, 6) is 0.702. The maximum atomic E-state index is 12.6. The third-order valence-electron chi connectivity index (χ3n) is 5.48. The van der Waals surface area contributed by atoms with Gasteiger partial charge in [-0.1, -0.05) is 0 Å². The first-order valence-electron chi connectivity index (χ1n) is 9.91. The molecule has 0 spiro atoms. The Labute approximate surface area is 163 Å². The average molecular weight is 383 g/mol. The van der Waals surface area contributed by atoms with Crippen LogP contribution in [-0.4, -0.2) is 51.3 Å². The number of rotatable bonds is 4. The molecule has 1 saturated carbocycles. The molecular formula is C20H25N5O3. The number of ether oxygens (including phenoxy) is 1. The highest BCUT2D eigenvalue weighted by Gasteiger charge is 2.26. The number of carbonyl (C=O) groups excluding carboxylic acids is 2. The Balaban J connectivity index is 1.32. The Morgan fingerprint density at radius 1 is 1.11 bits per heavy atom. The van der Waals surface area contributed by atoms with Crippen molar-refractivity contribution in [3.05, 3.63) is 42.0 Å². The number of H-pyrrole nitrogens is 1. The molecule has 28 heavy (non-hydrogen) atoms. The summed E-state index contributed by atoms with van der Waals surface area (Å²) in [7, 11) is 0. The van der Waals surface area contributed by atoms with Crippen LogP contribution in [0.3, 0.4) is 0 Å². The lowest BCUT2D eigenvalue weighted by Gasteiger charge is -2.31. The van der Waals surface area contributed by atoms with Gasteiger partial charge < -0.3 is 15.0 Å². The molecule has 1 atom stereocenters. The minimum atomic E-state index is -0.296. The molecule has 4 rings (SSSR count). The molecule has 2 aromatic rings. The fraction of sp³-hybridized carbons (Fsp3) is 0.500. The Morgan fingerprint density at radius 3 is 2.61 bits per heavy atom. The van der Waals surface area contributed by atoms with Crippen molar-refractivity contribution in [1.82, 2.24) is 20.1 Å². The summed E-state index contributed by atoms with van der Waals surface area (Å²) >= 11 is 0. The average Bonchev–Trinajstić information content (AvgIpc) is 3.43. The first-order valence-corrected chi connectivity index (χ1v) is 9.91. The van der Waals surface area contributed by atoms with Crippen molar-refractivity contribution in [3.63, 3.8) is 0 Å². The van der Waals surface area contributed by atoms with Gasteiger partial charge in [0.25, 0.3) is 0 Å². The van der Waals surface area contributed by atoms with E-state index in [2.05, 4.69) is 20.5 Å². The quantitative estimate of drug-likeness (QED) is 0.789. The number of amides is 2. The number of anilines is 1. The van der Waals surface area contributed by atoms with Crippen LogP contribution in [0.2, 0.25) is 0 Å². The number of nitrogens with zero attached hydrogens (tertiary/aromatic N) is 3. The third kappa shape index (κ3) is 4.32. The van der Waals surface area contributed by atoms with E-state index >= 15 is 0 Å². The molecule has 2 heterocycles. The third-order valence-corrected chi connectivity index (χ3v) is 5.48. The van der Waals surface area contributed by atoms with Gasteiger partial charge in [-0.15, -0.1) is 0 Å². The maximum Gasteiger partial charge on any atom is 0.338 e. The highest BCUT2D eigenvalue weighted by Crippen LogP contribution is 2.25. The molecule has 1 aromatic heterocycles. The van der Waals surface area contributed by atoms with Crippen molar-refractivity contribution in [2.24, 2.45) is 0 Å². The van der Waals surface area contributed by atoms with E-state index in [0.29, 0.717) is 24.3 Å². The molecule has 2 amide bonds. The molecule has 2 fully saturated rings. The Morgan fingerprint density at radius 2 is 1.89 bits per heavy atom. The minimum Gasteiger partial charge on any atom is -0.459 e. The van der Waals surface area contributed by atoms with E-state index in [1.54, 1.807) is 29.2 Å². The molecule has 1 aliphatic carbocycles. The Hall–Kier alpha value is -2.90. The lowest BCUT2D eigenvalue weighted by atomic mass is 9.98. The molecule has 148 valence electrons. The summed E-state index contributed by atoms with van der Waals surface area (Å²) in [5, 5.41) is 9.70. The van der Waals surface area contributed by atoms with Crippen LogP contribution in [-0.2, 0) is 4.74 Å². The second kappa shape index (κ2) is 8.41. The normalized spacial score (nSPS) is 20.1. The maximum absolute atomic E-state index is 12.6. The van der Waals surface area contributed by atoms with Gasteiger partial charge in [-0.3, -0.25) is 5.10 Å². The van der Waals surface area contributed by atoms with Crippen molar-refractivity contribution < 1.29 is 14.3 Å². The number of urea groups is 1. The lowest BCUT2D eigenvalue weighted by Crippen LogP contribution is -2.41. The number of esters is 1. The van der Waals surface area contributed by atoms with Crippen molar-refractivity contribution in [2.45, 2.75) is 50.5 Å². The molecule has 2 N–H and O–H groups in total. The highest BCUT2D eigenvalue weighted by molar-refractivity contribution is 5.92. The number of aromatic amines is 1. The number of carbonyl (C=O) groups is 2. The summed E-state index contributed by atoms with van der Waals surface area (Å²) in [5.41, 5.74) is 1.16. The molecule has 0 unspecified atom stereocenters. The molecular weight excluding hydrogens is 358 g/mol. The zero-order chi connectivity index (χ0) is 19.3. The van der Waals surface area contributed by atoms with Crippen LogP contribution in [0.4, 0.5) is 10.5 Å². The van der Waals surface area contributed by atoms with Gasteiger partial charge in [0.05, 0.1) is 5.56 Å². The fourth-order valence-electron chi connectivity index (χ4n) is 3.91. The van der Waals surface area contributed by atoms with Crippen LogP contribution in [0, 0.1) is 0 Å². The molecule has 8 heteroatoms. The number of benzene rings is 1. The van der Waals surface area contributed by atoms with E-state index < -0.39 is 0 Å². The molecule has 8 nitrogen and oxygen atoms in total. The van der Waals surface area contributed by atoms with E-state index in [0.717, 1.165) is 44.3 Å². The van der Waals surface area contributed by atoms with Gasteiger partial charge >= 0.3 is 12.0 Å². The monoisotopic (exact) mass is 383 g/mol. The van der Waals surface area contributed by atoms with E-state index in [-0.39, 0.29) is 24.0 Å². The fourth-order valence-corrected chi connectivity index (χ4v) is 3.91. The number of likely N-dealkylation sites (tertiary alicyclic amines) is 1. The number of piperidine rings is 1. The smallest absolute Gasteiger partial charge is 0.338 e. The molecule has 0 bridgehead atoms. The van der Waals surface area contributed by atoms with Crippen molar-refractivity contribution >= 4 is 17.7 Å². The number of aromatic nitrogens is 3. The lowest BCUT2D eigenvalue weighted by molar-refractivity contribution is 0.0318. The Kier molecular flexibility index (Phi) is 5.55. The first kappa shape index (κ1) is 18.5. The molecule has 0 radical (unpaired) electrons. The zero-order valence-electron chi connectivity index (χ0n) is 15.8. The summed E-state index contributed by atoms with van der Waals surface area (Å²) in [6.45, 7) is 1.31. The summed E-state index contributed by atoms with van der Waals surface area (Å²) in [6.07, 6.45) is 7.58. The van der Waals surface area contributed by atoms with Gasteiger partial charge in [0, 0.05) is 24.7 Å². The summed E-state index contributed by atoms with van der Waals surface area (Å²) < 4.78 is 5.51. The van der Waals surface area contributed by atoms with Crippen LogP contribution in [0.25, 0.3) is 0 Å². The van der Waals surface area contributed by atoms with Gasteiger partial charge in [-0.25, -0.2) is 14.6 Å². The minimum absolute atomic E-state index is 0.0447. The zero-order valence-corrected chi connectivity index (χ0v) is 15.8. The van der Waals surface area contributed by atoms with Crippen LogP contribution in [0.15, 0.2) is 30.6 Å². The summed E-state index contributed by atoms with van der Waals surface area (Å²) in [4.78, 5) is 30.8. The topological polar surface area (TPSA) is 100 Å². The molecule has 2 aliphatic rings. The first-order chi connectivity index (χ1) is 13.7. The van der Waals surface area contributed by atoms with E-state index in [1.165, 1.54) is 6.33 Å². The van der Waals surface area contributed by atoms with Crippen LogP contribution in [0.5, 0.6) is 0 Å². The van der Waals surface area contributed by atoms with E-state index in [9.17, 15) is 9.59 Å². The van der Waals surface area contributed by atoms with Gasteiger partial charge in [0.2, 0.25) is 0 Å². The van der Waals surface area contributed by atoms with E-state index in [4.69, 9.17) is 4.74 Å². The van der Waals surface area contributed by atoms with Gasteiger partial charge in [0.1, 0.15) is 18.3 Å². The van der Waals surface area contributed by atoms with Crippen molar-refractivity contribution in [2.75, 3.05) is 18.4 Å². The molecule has 1 aliphatic heterocycles. The summed E-state index contributed by atoms with van der Waals surface area (Å²) in [6, 6.07) is 6.72. The van der Waals surface area contributed by atoms with Crippen LogP contribution in [0.1, 0.15) is 60.6 Å². The standard InChI is InChI=1S/C20H25N5O3/c26-19(28-17-5-1-2-6-17)14-7-9-16(10-8-14)23-20(27)25-11-3-4-15(12-25)18-21-13-22-24-18/h7-10,13,15,17H,1-6,11-12H2,(H,23,27)(H,21,22,24)/t15-/m1/s1. The van der Waals surface area contributed by atoms with Gasteiger partial charge in [-0.05, 0) is 62.8 Å². The number of hydrogen-bond donors (Lipinski definition) is 2. The Bertz CT molecular complexity index is 800. The van der Waals surface area contributed by atoms with Gasteiger partial charge in [0.15, 0.2) is 0 Å². The second-order valence-electron chi connectivity index (χ2n) is 7.48. The predicted octanol–water partition coefficient (Wildman–Crippen LogP) is 3.32.